The lowest BCUT2D eigenvalue weighted by Gasteiger charge is -2.35. The van der Waals surface area contributed by atoms with Gasteiger partial charge >= 0.3 is 0 Å². The average molecular weight is 445 g/mol. The first-order chi connectivity index (χ1) is 10.8. The molecular formula is C18H28IN3S. The fourth-order valence-corrected chi connectivity index (χ4v) is 4.49. The van der Waals surface area contributed by atoms with E-state index < -0.39 is 0 Å². The van der Waals surface area contributed by atoms with Crippen LogP contribution in [-0.4, -0.2) is 48.0 Å². The molecule has 2 aliphatic rings. The Morgan fingerprint density at radius 1 is 1.35 bits per heavy atom. The van der Waals surface area contributed by atoms with Crippen LogP contribution in [0.2, 0.25) is 0 Å². The van der Waals surface area contributed by atoms with Crippen molar-refractivity contribution in [2.24, 2.45) is 4.99 Å². The largest absolute Gasteiger partial charge is 0.357 e. The second kappa shape index (κ2) is 9.16. The first kappa shape index (κ1) is 18.9. The van der Waals surface area contributed by atoms with Crippen LogP contribution in [0.5, 0.6) is 0 Å². The highest BCUT2D eigenvalue weighted by molar-refractivity contribution is 14.0. The minimum Gasteiger partial charge on any atom is -0.357 e. The van der Waals surface area contributed by atoms with E-state index in [0.717, 1.165) is 37.4 Å². The molecule has 0 amide bonds. The van der Waals surface area contributed by atoms with Crippen molar-refractivity contribution < 1.29 is 0 Å². The van der Waals surface area contributed by atoms with Gasteiger partial charge in [0, 0.05) is 43.1 Å². The highest BCUT2D eigenvalue weighted by Crippen LogP contribution is 2.34. The molecule has 1 heterocycles. The lowest BCUT2D eigenvalue weighted by molar-refractivity contribution is 0.407. The van der Waals surface area contributed by atoms with Crippen molar-refractivity contribution in [1.82, 2.24) is 10.2 Å². The van der Waals surface area contributed by atoms with Gasteiger partial charge in [0.25, 0.3) is 0 Å². The number of guanidine groups is 1. The molecule has 2 atom stereocenters. The molecule has 1 N–H and O–H groups in total. The summed E-state index contributed by atoms with van der Waals surface area (Å²) in [6.45, 7) is 8.56. The molecule has 0 saturated carbocycles. The molecule has 1 saturated heterocycles. The summed E-state index contributed by atoms with van der Waals surface area (Å²) in [7, 11) is 0. The van der Waals surface area contributed by atoms with Crippen LogP contribution in [0, 0.1) is 0 Å². The summed E-state index contributed by atoms with van der Waals surface area (Å²) < 4.78 is 0. The molecule has 0 spiro atoms. The van der Waals surface area contributed by atoms with E-state index in [4.69, 9.17) is 4.99 Å². The molecule has 0 bridgehead atoms. The van der Waals surface area contributed by atoms with Gasteiger partial charge in [-0.1, -0.05) is 31.2 Å². The summed E-state index contributed by atoms with van der Waals surface area (Å²) in [4.78, 5) is 7.41. The van der Waals surface area contributed by atoms with Crippen molar-refractivity contribution in [2.75, 3.05) is 31.9 Å². The number of fused-ring (bicyclic) bond motifs is 1. The smallest absolute Gasteiger partial charge is 0.193 e. The summed E-state index contributed by atoms with van der Waals surface area (Å²) in [5.41, 5.74) is 3.01. The van der Waals surface area contributed by atoms with Crippen molar-refractivity contribution in [2.45, 2.75) is 37.9 Å². The Morgan fingerprint density at radius 2 is 2.17 bits per heavy atom. The van der Waals surface area contributed by atoms with Crippen LogP contribution in [0.25, 0.3) is 0 Å². The maximum atomic E-state index is 4.95. The first-order valence-corrected chi connectivity index (χ1v) is 9.59. The molecule has 1 aromatic carbocycles. The normalized spacial score (nSPS) is 23.6. The Labute approximate surface area is 161 Å². The van der Waals surface area contributed by atoms with Gasteiger partial charge in [0.1, 0.15) is 0 Å². The van der Waals surface area contributed by atoms with Crippen LogP contribution in [0.1, 0.15) is 37.3 Å². The number of aliphatic imine (C=N–C) groups is 1. The van der Waals surface area contributed by atoms with Gasteiger partial charge < -0.3 is 10.2 Å². The van der Waals surface area contributed by atoms with Gasteiger partial charge in [-0.05, 0) is 30.9 Å². The minimum atomic E-state index is 0. The highest BCUT2D eigenvalue weighted by Gasteiger charge is 2.26. The number of hydrogen-bond acceptors (Lipinski definition) is 2. The molecule has 23 heavy (non-hydrogen) atoms. The fraction of sp³-hybridized carbons (Fsp3) is 0.611. The molecule has 2 unspecified atom stereocenters. The Balaban J connectivity index is 0.00000192. The molecule has 1 fully saturated rings. The predicted octanol–water partition coefficient (Wildman–Crippen LogP) is 3.74. The van der Waals surface area contributed by atoms with Crippen LogP contribution < -0.4 is 5.32 Å². The first-order valence-electron chi connectivity index (χ1n) is 8.54. The lowest BCUT2D eigenvalue weighted by Crippen LogP contribution is -2.48. The van der Waals surface area contributed by atoms with Gasteiger partial charge in [0.2, 0.25) is 0 Å². The average Bonchev–Trinajstić information content (AvgIpc) is 2.54. The van der Waals surface area contributed by atoms with Gasteiger partial charge in [-0.2, -0.15) is 11.8 Å². The predicted molar refractivity (Wildman–Crippen MR) is 112 cm³/mol. The maximum absolute atomic E-state index is 4.95. The number of hydrogen-bond donors (Lipinski definition) is 1. The van der Waals surface area contributed by atoms with Gasteiger partial charge in [0.05, 0.1) is 0 Å². The SMILES string of the molecule is CCNC(=NCC1Cc2ccccc21)N1CCSC(CC)C1.I. The molecule has 3 rings (SSSR count). The Bertz CT molecular complexity index is 535. The summed E-state index contributed by atoms with van der Waals surface area (Å²) in [5.74, 6) is 2.95. The van der Waals surface area contributed by atoms with Gasteiger partial charge in [0.15, 0.2) is 5.96 Å². The van der Waals surface area contributed by atoms with E-state index in [9.17, 15) is 0 Å². The summed E-state index contributed by atoms with van der Waals surface area (Å²) in [6.07, 6.45) is 2.43. The Kier molecular flexibility index (Phi) is 7.53. The zero-order chi connectivity index (χ0) is 15.4. The summed E-state index contributed by atoms with van der Waals surface area (Å²) in [6, 6.07) is 8.79. The Morgan fingerprint density at radius 3 is 2.91 bits per heavy atom. The third-order valence-corrected chi connectivity index (χ3v) is 6.02. The minimum absolute atomic E-state index is 0. The van der Waals surface area contributed by atoms with E-state index in [1.54, 1.807) is 0 Å². The van der Waals surface area contributed by atoms with Crippen molar-refractivity contribution in [3.8, 4) is 0 Å². The Hall–Kier alpha value is -0.430. The summed E-state index contributed by atoms with van der Waals surface area (Å²) >= 11 is 2.11. The van der Waals surface area contributed by atoms with Crippen LogP contribution >= 0.6 is 35.7 Å². The number of thioether (sulfide) groups is 1. The quantitative estimate of drug-likeness (QED) is 0.435. The van der Waals surface area contributed by atoms with Gasteiger partial charge in [-0.15, -0.1) is 24.0 Å². The van der Waals surface area contributed by atoms with E-state index in [-0.39, 0.29) is 24.0 Å². The number of nitrogens with zero attached hydrogens (tertiary/aromatic N) is 2. The van der Waals surface area contributed by atoms with Crippen molar-refractivity contribution >= 4 is 41.7 Å². The van der Waals surface area contributed by atoms with E-state index in [2.05, 4.69) is 60.1 Å². The second-order valence-corrected chi connectivity index (χ2v) is 7.55. The molecule has 1 aromatic rings. The number of rotatable bonds is 4. The van der Waals surface area contributed by atoms with Crippen molar-refractivity contribution in [3.05, 3.63) is 35.4 Å². The van der Waals surface area contributed by atoms with Crippen LogP contribution in [0.4, 0.5) is 0 Å². The number of benzene rings is 1. The lowest BCUT2D eigenvalue weighted by atomic mass is 9.78. The van der Waals surface area contributed by atoms with Gasteiger partial charge in [-0.25, -0.2) is 0 Å². The third kappa shape index (κ3) is 4.56. The van der Waals surface area contributed by atoms with Crippen LogP contribution in [0.15, 0.2) is 29.3 Å². The molecule has 0 aromatic heterocycles. The number of halogens is 1. The topological polar surface area (TPSA) is 27.6 Å². The molecule has 128 valence electrons. The van der Waals surface area contributed by atoms with E-state index in [0.29, 0.717) is 5.92 Å². The molecular weight excluding hydrogens is 417 g/mol. The maximum Gasteiger partial charge on any atom is 0.193 e. The zero-order valence-electron chi connectivity index (χ0n) is 14.1. The molecule has 5 heteroatoms. The third-order valence-electron chi connectivity index (χ3n) is 4.65. The van der Waals surface area contributed by atoms with Gasteiger partial charge in [-0.3, -0.25) is 4.99 Å². The van der Waals surface area contributed by atoms with Crippen LogP contribution in [-0.2, 0) is 6.42 Å². The molecule has 1 aliphatic carbocycles. The monoisotopic (exact) mass is 445 g/mol. The van der Waals surface area contributed by atoms with Crippen LogP contribution in [0.3, 0.4) is 0 Å². The molecule has 0 radical (unpaired) electrons. The standard InChI is InChI=1S/C18H27N3S.HI/c1-3-16-13-21(9-10-22-16)18(19-4-2)20-12-15-11-14-7-5-6-8-17(14)15;/h5-8,15-16H,3-4,9-13H2,1-2H3,(H,19,20);1H. The number of nitrogens with one attached hydrogen (secondary N) is 1. The summed E-state index contributed by atoms with van der Waals surface area (Å²) in [5, 5.41) is 4.24. The highest BCUT2D eigenvalue weighted by atomic mass is 127. The molecule has 3 nitrogen and oxygen atoms in total. The van der Waals surface area contributed by atoms with E-state index in [1.807, 2.05) is 0 Å². The molecule has 1 aliphatic heterocycles. The second-order valence-electron chi connectivity index (χ2n) is 6.14. The van der Waals surface area contributed by atoms with E-state index in [1.165, 1.54) is 29.7 Å². The zero-order valence-corrected chi connectivity index (χ0v) is 17.3. The van der Waals surface area contributed by atoms with E-state index >= 15 is 0 Å². The fourth-order valence-electron chi connectivity index (χ4n) is 3.31. The van der Waals surface area contributed by atoms with Crippen molar-refractivity contribution in [3.63, 3.8) is 0 Å². The van der Waals surface area contributed by atoms with Crippen molar-refractivity contribution in [1.29, 1.82) is 0 Å².